The second-order valence-electron chi connectivity index (χ2n) is 5.71. The number of hydrogen-bond donors (Lipinski definition) is 2. The summed E-state index contributed by atoms with van der Waals surface area (Å²) in [6, 6.07) is 2.57. The molecule has 134 valence electrons. The van der Waals surface area contributed by atoms with Gasteiger partial charge in [-0.3, -0.25) is 4.79 Å². The van der Waals surface area contributed by atoms with Crippen LogP contribution in [0.5, 0.6) is 0 Å². The van der Waals surface area contributed by atoms with Gasteiger partial charge in [-0.15, -0.1) is 0 Å². The van der Waals surface area contributed by atoms with Gasteiger partial charge in [-0.2, -0.15) is 13.2 Å². The quantitative estimate of drug-likeness (QED) is 0.828. The minimum Gasteiger partial charge on any atom is -0.354 e. The fraction of sp³-hybridized carbons (Fsp3) is 0.375. The number of hydrogen-bond acceptors (Lipinski definition) is 3. The minimum atomic E-state index is -4.68. The molecule has 1 aromatic heterocycles. The van der Waals surface area contributed by atoms with Crippen LogP contribution < -0.4 is 10.6 Å². The monoisotopic (exact) mass is 356 g/mol. The normalized spacial score (nSPS) is 14.3. The topological polar surface area (TPSA) is 59.0 Å². The van der Waals surface area contributed by atoms with Crippen molar-refractivity contribution in [3.8, 4) is 0 Å². The summed E-state index contributed by atoms with van der Waals surface area (Å²) >= 11 is 0. The number of imidazole rings is 1. The number of benzene rings is 1. The number of fused-ring (bicyclic) bond motifs is 1. The number of alkyl halides is 3. The molecular weight excluding hydrogens is 340 g/mol. The molecule has 3 rings (SSSR count). The SMILES string of the molecule is CNC(=O)c1nc2n(c1Cc1ccc(F)cc1C(F)(F)F)CCNC2. The third kappa shape index (κ3) is 3.37. The number of amides is 1. The van der Waals surface area contributed by atoms with Crippen molar-refractivity contribution in [3.63, 3.8) is 0 Å². The summed E-state index contributed by atoms with van der Waals surface area (Å²) < 4.78 is 54.8. The van der Waals surface area contributed by atoms with Crippen LogP contribution in [0, 0.1) is 5.82 Å². The van der Waals surface area contributed by atoms with E-state index < -0.39 is 23.5 Å². The van der Waals surface area contributed by atoms with Gasteiger partial charge in [0, 0.05) is 26.6 Å². The van der Waals surface area contributed by atoms with Crippen molar-refractivity contribution in [2.24, 2.45) is 0 Å². The summed E-state index contributed by atoms with van der Waals surface area (Å²) in [7, 11) is 1.43. The zero-order chi connectivity index (χ0) is 18.2. The Morgan fingerprint density at radius 1 is 1.40 bits per heavy atom. The molecule has 0 spiro atoms. The molecule has 1 aliphatic rings. The highest BCUT2D eigenvalue weighted by molar-refractivity contribution is 5.93. The van der Waals surface area contributed by atoms with E-state index in [4.69, 9.17) is 0 Å². The van der Waals surface area contributed by atoms with E-state index in [0.717, 1.165) is 12.1 Å². The highest BCUT2D eigenvalue weighted by Gasteiger charge is 2.34. The maximum atomic E-state index is 13.3. The first kappa shape index (κ1) is 17.4. The smallest absolute Gasteiger partial charge is 0.354 e. The third-order valence-corrected chi connectivity index (χ3v) is 4.12. The first-order valence-corrected chi connectivity index (χ1v) is 7.68. The maximum absolute atomic E-state index is 13.3. The molecular formula is C16H16F4N4O. The zero-order valence-corrected chi connectivity index (χ0v) is 13.4. The molecule has 0 saturated heterocycles. The molecule has 1 aliphatic heterocycles. The summed E-state index contributed by atoms with van der Waals surface area (Å²) in [4.78, 5) is 16.3. The number of aromatic nitrogens is 2. The van der Waals surface area contributed by atoms with E-state index in [2.05, 4.69) is 15.6 Å². The van der Waals surface area contributed by atoms with E-state index in [0.29, 0.717) is 37.2 Å². The van der Waals surface area contributed by atoms with Crippen molar-refractivity contribution in [1.82, 2.24) is 20.2 Å². The molecule has 0 bridgehead atoms. The molecule has 2 N–H and O–H groups in total. The van der Waals surface area contributed by atoms with Crippen LogP contribution in [0.15, 0.2) is 18.2 Å². The van der Waals surface area contributed by atoms with Crippen LogP contribution in [-0.4, -0.2) is 29.1 Å². The van der Waals surface area contributed by atoms with Gasteiger partial charge in [0.15, 0.2) is 0 Å². The molecule has 0 fully saturated rings. The van der Waals surface area contributed by atoms with Gasteiger partial charge < -0.3 is 15.2 Å². The molecule has 1 aromatic carbocycles. The van der Waals surface area contributed by atoms with Gasteiger partial charge in [0.25, 0.3) is 5.91 Å². The first-order valence-electron chi connectivity index (χ1n) is 7.68. The summed E-state index contributed by atoms with van der Waals surface area (Å²) in [5, 5.41) is 5.55. The molecule has 9 heteroatoms. The number of nitrogens with zero attached hydrogens (tertiary/aromatic N) is 2. The van der Waals surface area contributed by atoms with Gasteiger partial charge in [0.05, 0.1) is 17.8 Å². The van der Waals surface area contributed by atoms with E-state index in [1.54, 1.807) is 4.57 Å². The third-order valence-electron chi connectivity index (χ3n) is 4.12. The Labute approximate surface area is 141 Å². The Kier molecular flexibility index (Phi) is 4.51. The molecule has 0 aliphatic carbocycles. The molecule has 5 nitrogen and oxygen atoms in total. The number of carbonyl (C=O) groups is 1. The van der Waals surface area contributed by atoms with E-state index >= 15 is 0 Å². The average Bonchev–Trinajstić information content (AvgIpc) is 2.93. The standard InChI is InChI=1S/C16H16F4N4O/c1-21-15(25)14-12(24-5-4-22-8-13(24)23-14)6-9-2-3-10(17)7-11(9)16(18,19)20/h2-3,7,22H,4-6,8H2,1H3,(H,21,25). The highest BCUT2D eigenvalue weighted by Crippen LogP contribution is 2.34. The fourth-order valence-corrected chi connectivity index (χ4v) is 2.95. The second-order valence-corrected chi connectivity index (χ2v) is 5.71. The average molecular weight is 356 g/mol. The van der Waals surface area contributed by atoms with Gasteiger partial charge in [0.2, 0.25) is 0 Å². The summed E-state index contributed by atoms with van der Waals surface area (Å²) in [6.07, 6.45) is -4.85. The van der Waals surface area contributed by atoms with Gasteiger partial charge in [-0.05, 0) is 17.7 Å². The Hall–Kier alpha value is -2.42. The van der Waals surface area contributed by atoms with E-state index in [1.807, 2.05) is 0 Å². The Morgan fingerprint density at radius 3 is 2.84 bits per heavy atom. The predicted octanol–water partition coefficient (Wildman–Crippen LogP) is 2.09. The lowest BCUT2D eigenvalue weighted by atomic mass is 10.0. The van der Waals surface area contributed by atoms with Crippen LogP contribution in [0.25, 0.3) is 0 Å². The largest absolute Gasteiger partial charge is 0.416 e. The molecule has 0 atom stereocenters. The molecule has 0 radical (unpaired) electrons. The van der Waals surface area contributed by atoms with Crippen molar-refractivity contribution >= 4 is 5.91 Å². The van der Waals surface area contributed by atoms with Crippen LogP contribution in [-0.2, 0) is 25.7 Å². The molecule has 2 heterocycles. The van der Waals surface area contributed by atoms with Crippen molar-refractivity contribution in [2.45, 2.75) is 25.7 Å². The Bertz CT molecular complexity index is 813. The predicted molar refractivity (Wildman–Crippen MR) is 81.5 cm³/mol. The molecule has 0 saturated carbocycles. The van der Waals surface area contributed by atoms with Crippen LogP contribution in [0.2, 0.25) is 0 Å². The lowest BCUT2D eigenvalue weighted by Crippen LogP contribution is -2.29. The first-order chi connectivity index (χ1) is 11.8. The minimum absolute atomic E-state index is 0.0960. The van der Waals surface area contributed by atoms with Crippen LogP contribution in [0.4, 0.5) is 17.6 Å². The second kappa shape index (κ2) is 6.47. The number of rotatable bonds is 3. The van der Waals surface area contributed by atoms with Crippen LogP contribution in [0.1, 0.15) is 33.1 Å². The molecule has 25 heavy (non-hydrogen) atoms. The molecule has 2 aromatic rings. The molecule has 1 amide bonds. The van der Waals surface area contributed by atoms with Crippen molar-refractivity contribution < 1.29 is 22.4 Å². The van der Waals surface area contributed by atoms with E-state index in [1.165, 1.54) is 7.05 Å². The van der Waals surface area contributed by atoms with E-state index in [9.17, 15) is 22.4 Å². The van der Waals surface area contributed by atoms with Gasteiger partial charge in [-0.25, -0.2) is 9.37 Å². The summed E-state index contributed by atoms with van der Waals surface area (Å²) in [6.45, 7) is 1.55. The van der Waals surface area contributed by atoms with E-state index in [-0.39, 0.29) is 17.7 Å². The van der Waals surface area contributed by atoms with Crippen molar-refractivity contribution in [1.29, 1.82) is 0 Å². The molecule has 0 unspecified atom stereocenters. The van der Waals surface area contributed by atoms with Gasteiger partial charge in [-0.1, -0.05) is 6.07 Å². The number of nitrogens with one attached hydrogen (secondary N) is 2. The number of halogens is 4. The fourth-order valence-electron chi connectivity index (χ4n) is 2.95. The zero-order valence-electron chi connectivity index (χ0n) is 13.4. The number of carbonyl (C=O) groups excluding carboxylic acids is 1. The maximum Gasteiger partial charge on any atom is 0.416 e. The lowest BCUT2D eigenvalue weighted by molar-refractivity contribution is -0.138. The van der Waals surface area contributed by atoms with Gasteiger partial charge in [0.1, 0.15) is 17.3 Å². The summed E-state index contributed by atoms with van der Waals surface area (Å²) in [5.41, 5.74) is -0.647. The Balaban J connectivity index is 2.10. The van der Waals surface area contributed by atoms with Gasteiger partial charge >= 0.3 is 6.18 Å². The summed E-state index contributed by atoms with van der Waals surface area (Å²) in [5.74, 6) is -0.829. The van der Waals surface area contributed by atoms with Crippen LogP contribution >= 0.6 is 0 Å². The highest BCUT2D eigenvalue weighted by atomic mass is 19.4. The lowest BCUT2D eigenvalue weighted by Gasteiger charge is -2.19. The Morgan fingerprint density at radius 2 is 2.16 bits per heavy atom. The van der Waals surface area contributed by atoms with Crippen LogP contribution in [0.3, 0.4) is 0 Å². The van der Waals surface area contributed by atoms with Crippen molar-refractivity contribution in [2.75, 3.05) is 13.6 Å². The van der Waals surface area contributed by atoms with Crippen molar-refractivity contribution in [3.05, 3.63) is 52.4 Å².